The number of terminal acetylenes is 1. The van der Waals surface area contributed by atoms with Crippen LogP contribution in [0.4, 0.5) is 5.82 Å². The number of nitrogens with zero attached hydrogens (tertiary/aromatic N) is 5. The van der Waals surface area contributed by atoms with Crippen molar-refractivity contribution in [1.82, 2.24) is 15.5 Å². The number of carbonyl (C=O) groups excluding carboxylic acids is 1. The van der Waals surface area contributed by atoms with Crippen LogP contribution in [0.2, 0.25) is 5.02 Å². The molecule has 8 heteroatoms. The molecule has 2 aliphatic rings. The molecule has 158 valence electrons. The summed E-state index contributed by atoms with van der Waals surface area (Å²) in [4.78, 5) is 14.4. The van der Waals surface area contributed by atoms with Crippen LogP contribution >= 0.6 is 11.6 Å². The smallest absolute Gasteiger partial charge is 0.244 e. The van der Waals surface area contributed by atoms with E-state index in [2.05, 4.69) is 36.6 Å². The van der Waals surface area contributed by atoms with Gasteiger partial charge < -0.3 is 10.2 Å². The number of piperidine rings is 1. The molecule has 1 aromatic heterocycles. The van der Waals surface area contributed by atoms with Crippen LogP contribution in [0, 0.1) is 12.3 Å². The summed E-state index contributed by atoms with van der Waals surface area (Å²) >= 11 is 6.24. The molecule has 1 fully saturated rings. The average molecular weight is 435 g/mol. The summed E-state index contributed by atoms with van der Waals surface area (Å²) < 4.78 is 0. The zero-order valence-electron chi connectivity index (χ0n) is 17.0. The molecule has 1 N–H and O–H groups in total. The van der Waals surface area contributed by atoms with Gasteiger partial charge in [-0.15, -0.1) is 22.5 Å². The Morgan fingerprint density at radius 3 is 2.65 bits per heavy atom. The minimum absolute atomic E-state index is 0.124. The summed E-state index contributed by atoms with van der Waals surface area (Å²) in [7, 11) is 0. The fourth-order valence-electron chi connectivity index (χ4n) is 3.59. The summed E-state index contributed by atoms with van der Waals surface area (Å²) in [6, 6.07) is 11.6. The Bertz CT molecular complexity index is 1030. The number of aromatic nitrogens is 2. The summed E-state index contributed by atoms with van der Waals surface area (Å²) in [5.41, 5.74) is 1.03. The van der Waals surface area contributed by atoms with Crippen molar-refractivity contribution in [2.45, 2.75) is 37.4 Å². The lowest BCUT2D eigenvalue weighted by Crippen LogP contribution is -2.44. The van der Waals surface area contributed by atoms with Gasteiger partial charge in [0.05, 0.1) is 10.7 Å². The lowest BCUT2D eigenvalue weighted by atomic mass is 10.0. The number of hydrogen-bond acceptors (Lipinski definition) is 6. The number of rotatable bonds is 7. The number of hydrogen-bond donors (Lipinski definition) is 1. The molecule has 7 nitrogen and oxygen atoms in total. The van der Waals surface area contributed by atoms with Gasteiger partial charge >= 0.3 is 0 Å². The van der Waals surface area contributed by atoms with Crippen molar-refractivity contribution in [2.24, 2.45) is 10.2 Å². The van der Waals surface area contributed by atoms with Gasteiger partial charge in [-0.1, -0.05) is 29.8 Å². The molecular weight excluding hydrogens is 412 g/mol. The van der Waals surface area contributed by atoms with Crippen LogP contribution in [-0.2, 0) is 4.79 Å². The highest BCUT2D eigenvalue weighted by atomic mass is 35.5. The fraction of sp³-hybridized carbons (Fsp3) is 0.348. The van der Waals surface area contributed by atoms with Crippen LogP contribution in [0.5, 0.6) is 0 Å². The number of amides is 1. The van der Waals surface area contributed by atoms with E-state index in [9.17, 15) is 4.79 Å². The standard InChI is InChI=1S/C23H23ClN6O/c1-2-3-13-23(28-29-23)14-10-22(31)25-17-11-15-30(16-12-17)21-9-8-20(26-27-21)18-6-4-5-7-19(18)24/h1,4-10,14,17H,3,11-13,15-16H2,(H,25,31). The highest BCUT2D eigenvalue weighted by Crippen LogP contribution is 2.34. The van der Waals surface area contributed by atoms with Gasteiger partial charge in [0.15, 0.2) is 5.82 Å². The van der Waals surface area contributed by atoms with Crippen molar-refractivity contribution >= 4 is 23.3 Å². The molecule has 0 spiro atoms. The molecule has 2 aliphatic heterocycles. The molecular formula is C23H23ClN6O. The van der Waals surface area contributed by atoms with Crippen molar-refractivity contribution < 1.29 is 4.79 Å². The number of halogens is 1. The van der Waals surface area contributed by atoms with E-state index in [0.717, 1.165) is 43.0 Å². The van der Waals surface area contributed by atoms with Crippen LogP contribution in [0.3, 0.4) is 0 Å². The maximum absolute atomic E-state index is 12.2. The number of anilines is 1. The second-order valence-electron chi connectivity index (χ2n) is 7.64. The molecule has 1 saturated heterocycles. The minimum atomic E-state index is -0.581. The molecule has 4 rings (SSSR count). The average Bonchev–Trinajstić information content (AvgIpc) is 3.58. The molecule has 0 bridgehead atoms. The molecule has 0 radical (unpaired) electrons. The zero-order chi connectivity index (χ0) is 21.7. The lowest BCUT2D eigenvalue weighted by molar-refractivity contribution is -0.117. The Hall–Kier alpha value is -3.24. The molecule has 0 saturated carbocycles. The predicted molar refractivity (Wildman–Crippen MR) is 121 cm³/mol. The molecule has 3 heterocycles. The van der Waals surface area contributed by atoms with E-state index in [1.54, 1.807) is 6.08 Å². The zero-order valence-corrected chi connectivity index (χ0v) is 17.8. The van der Waals surface area contributed by atoms with E-state index >= 15 is 0 Å². The minimum Gasteiger partial charge on any atom is -0.355 e. The van der Waals surface area contributed by atoms with Crippen LogP contribution in [0.25, 0.3) is 11.3 Å². The van der Waals surface area contributed by atoms with E-state index in [0.29, 0.717) is 17.9 Å². The van der Waals surface area contributed by atoms with Crippen molar-refractivity contribution in [3.8, 4) is 23.6 Å². The van der Waals surface area contributed by atoms with E-state index in [4.69, 9.17) is 18.0 Å². The summed E-state index contributed by atoms with van der Waals surface area (Å²) in [6.45, 7) is 1.59. The SMILES string of the molecule is C#CCCC1(C=CC(=O)NC2CCN(c3ccc(-c4ccccc4Cl)nn3)CC2)N=N1. The van der Waals surface area contributed by atoms with E-state index in [-0.39, 0.29) is 11.9 Å². The highest BCUT2D eigenvalue weighted by molar-refractivity contribution is 6.33. The Morgan fingerprint density at radius 1 is 1.23 bits per heavy atom. The predicted octanol–water partition coefficient (Wildman–Crippen LogP) is 4.01. The molecule has 2 aromatic rings. The maximum Gasteiger partial charge on any atom is 0.244 e. The molecule has 0 aliphatic carbocycles. The first-order valence-electron chi connectivity index (χ1n) is 10.3. The molecule has 1 aromatic carbocycles. The van der Waals surface area contributed by atoms with Crippen molar-refractivity contribution in [3.05, 3.63) is 53.6 Å². The van der Waals surface area contributed by atoms with Gasteiger partial charge in [-0.2, -0.15) is 10.2 Å². The highest BCUT2D eigenvalue weighted by Gasteiger charge is 2.36. The van der Waals surface area contributed by atoms with Gasteiger partial charge in [0, 0.05) is 43.6 Å². The first-order valence-corrected chi connectivity index (χ1v) is 10.7. The van der Waals surface area contributed by atoms with Gasteiger partial charge in [-0.05, 0) is 37.1 Å². The van der Waals surface area contributed by atoms with E-state index in [1.807, 2.05) is 36.4 Å². The third-order valence-electron chi connectivity index (χ3n) is 5.46. The number of benzene rings is 1. The molecule has 0 atom stereocenters. The maximum atomic E-state index is 12.2. The van der Waals surface area contributed by atoms with Crippen LogP contribution in [-0.4, -0.2) is 40.9 Å². The molecule has 1 amide bonds. The second kappa shape index (κ2) is 9.27. The fourth-order valence-corrected chi connectivity index (χ4v) is 3.82. The summed E-state index contributed by atoms with van der Waals surface area (Å²) in [5, 5.41) is 20.4. The first kappa shape index (κ1) is 21.0. The van der Waals surface area contributed by atoms with Crippen LogP contribution in [0.15, 0.2) is 58.8 Å². The van der Waals surface area contributed by atoms with Crippen LogP contribution in [0.1, 0.15) is 25.7 Å². The third-order valence-corrected chi connectivity index (χ3v) is 5.79. The van der Waals surface area contributed by atoms with Crippen LogP contribution < -0.4 is 10.2 Å². The normalized spacial score (nSPS) is 17.5. The van der Waals surface area contributed by atoms with Gasteiger partial charge in [-0.25, -0.2) is 0 Å². The molecule has 0 unspecified atom stereocenters. The van der Waals surface area contributed by atoms with Crippen molar-refractivity contribution in [2.75, 3.05) is 18.0 Å². The largest absolute Gasteiger partial charge is 0.355 e. The summed E-state index contributed by atoms with van der Waals surface area (Å²) in [5.74, 6) is 3.28. The van der Waals surface area contributed by atoms with E-state index in [1.165, 1.54) is 6.08 Å². The second-order valence-corrected chi connectivity index (χ2v) is 8.05. The Kier molecular flexibility index (Phi) is 6.28. The topological polar surface area (TPSA) is 82.8 Å². The molecule has 31 heavy (non-hydrogen) atoms. The summed E-state index contributed by atoms with van der Waals surface area (Å²) in [6.07, 6.45) is 11.4. The Labute approximate surface area is 186 Å². The number of nitrogens with one attached hydrogen (secondary N) is 1. The monoisotopic (exact) mass is 434 g/mol. The van der Waals surface area contributed by atoms with Gasteiger partial charge in [-0.3, -0.25) is 4.79 Å². The van der Waals surface area contributed by atoms with E-state index < -0.39 is 5.66 Å². The van der Waals surface area contributed by atoms with Gasteiger partial charge in [0.2, 0.25) is 11.6 Å². The number of carbonyl (C=O) groups is 1. The quantitative estimate of drug-likeness (QED) is 0.527. The first-order chi connectivity index (χ1) is 15.1. The Balaban J connectivity index is 1.27. The lowest BCUT2D eigenvalue weighted by Gasteiger charge is -2.32. The van der Waals surface area contributed by atoms with Crippen molar-refractivity contribution in [3.63, 3.8) is 0 Å². The Morgan fingerprint density at radius 2 is 2.00 bits per heavy atom. The van der Waals surface area contributed by atoms with Crippen molar-refractivity contribution in [1.29, 1.82) is 0 Å². The van der Waals surface area contributed by atoms with Gasteiger partial charge in [0.25, 0.3) is 0 Å². The third kappa shape index (κ3) is 5.28. The van der Waals surface area contributed by atoms with Gasteiger partial charge in [0.1, 0.15) is 0 Å².